The Bertz CT molecular complexity index is 903. The van der Waals surface area contributed by atoms with Gasteiger partial charge in [0.15, 0.2) is 5.82 Å². The average Bonchev–Trinajstić information content (AvgIpc) is 3.30. The molecule has 0 spiro atoms. The Morgan fingerprint density at radius 2 is 2.00 bits per heavy atom. The van der Waals surface area contributed by atoms with E-state index in [2.05, 4.69) is 15.8 Å². The van der Waals surface area contributed by atoms with Crippen LogP contribution >= 0.6 is 0 Å². The molecule has 0 radical (unpaired) electrons. The zero-order valence-corrected chi connectivity index (χ0v) is 14.6. The smallest absolute Gasteiger partial charge is 0.245 e. The molecule has 1 atom stereocenters. The first-order valence-electron chi connectivity index (χ1n) is 8.30. The molecule has 0 saturated carbocycles. The molecule has 2 N–H and O–H groups in total. The summed E-state index contributed by atoms with van der Waals surface area (Å²) >= 11 is 0. The summed E-state index contributed by atoms with van der Waals surface area (Å²) in [6.45, 7) is 1.47. The monoisotopic (exact) mass is 371 g/mol. The molecule has 0 aliphatic carbocycles. The SMILES string of the molecule is Cc1cc(NC(=O)CNC(=O)C(Cc2ccco2)c2ccc(F)cc2)no1. The van der Waals surface area contributed by atoms with E-state index in [0.29, 0.717) is 17.1 Å². The highest BCUT2D eigenvalue weighted by atomic mass is 19.1. The zero-order chi connectivity index (χ0) is 19.2. The molecule has 0 fully saturated rings. The number of benzene rings is 1. The molecule has 27 heavy (non-hydrogen) atoms. The van der Waals surface area contributed by atoms with Crippen LogP contribution in [0.2, 0.25) is 0 Å². The van der Waals surface area contributed by atoms with Crippen LogP contribution in [0.3, 0.4) is 0 Å². The van der Waals surface area contributed by atoms with E-state index in [1.165, 1.54) is 18.4 Å². The molecule has 8 heteroatoms. The normalized spacial score (nSPS) is 11.8. The second-order valence-electron chi connectivity index (χ2n) is 5.98. The lowest BCUT2D eigenvalue weighted by atomic mass is 9.93. The van der Waals surface area contributed by atoms with E-state index >= 15 is 0 Å². The van der Waals surface area contributed by atoms with Crippen LogP contribution in [-0.2, 0) is 16.0 Å². The molecule has 2 aromatic heterocycles. The van der Waals surface area contributed by atoms with Crippen molar-refractivity contribution in [2.75, 3.05) is 11.9 Å². The Balaban J connectivity index is 1.65. The van der Waals surface area contributed by atoms with Crippen molar-refractivity contribution in [2.45, 2.75) is 19.3 Å². The maximum absolute atomic E-state index is 13.2. The largest absolute Gasteiger partial charge is 0.469 e. The second-order valence-corrected chi connectivity index (χ2v) is 5.98. The zero-order valence-electron chi connectivity index (χ0n) is 14.6. The van der Waals surface area contributed by atoms with Crippen molar-refractivity contribution in [1.82, 2.24) is 10.5 Å². The van der Waals surface area contributed by atoms with Gasteiger partial charge in [-0.15, -0.1) is 0 Å². The van der Waals surface area contributed by atoms with Crippen LogP contribution in [0.15, 0.2) is 57.7 Å². The number of rotatable bonds is 7. The summed E-state index contributed by atoms with van der Waals surface area (Å²) in [5.74, 6) is -0.377. The standard InChI is InChI=1S/C19H18FN3O4/c1-12-9-17(23-27-12)22-18(24)11-21-19(25)16(10-15-3-2-8-26-15)13-4-6-14(20)7-5-13/h2-9,16H,10-11H2,1H3,(H,21,25)(H,22,23,24). The minimum absolute atomic E-state index is 0.236. The van der Waals surface area contributed by atoms with Gasteiger partial charge in [0.1, 0.15) is 17.3 Å². The van der Waals surface area contributed by atoms with E-state index in [4.69, 9.17) is 8.94 Å². The van der Waals surface area contributed by atoms with Gasteiger partial charge in [0.05, 0.1) is 18.7 Å². The summed E-state index contributed by atoms with van der Waals surface area (Å²) in [5.41, 5.74) is 0.623. The predicted octanol–water partition coefficient (Wildman–Crippen LogP) is 2.80. The number of aryl methyl sites for hydroxylation is 1. The van der Waals surface area contributed by atoms with Crippen LogP contribution in [0.25, 0.3) is 0 Å². The number of aromatic nitrogens is 1. The van der Waals surface area contributed by atoms with Gasteiger partial charge in [0, 0.05) is 12.5 Å². The topological polar surface area (TPSA) is 97.4 Å². The third-order valence-electron chi connectivity index (χ3n) is 3.89. The highest BCUT2D eigenvalue weighted by Crippen LogP contribution is 2.22. The Labute approximate surface area is 154 Å². The van der Waals surface area contributed by atoms with Crippen LogP contribution in [0.4, 0.5) is 10.2 Å². The Morgan fingerprint density at radius 3 is 2.63 bits per heavy atom. The van der Waals surface area contributed by atoms with Crippen molar-refractivity contribution < 1.29 is 22.9 Å². The number of hydrogen-bond acceptors (Lipinski definition) is 5. The van der Waals surface area contributed by atoms with Crippen molar-refractivity contribution in [3.8, 4) is 0 Å². The fourth-order valence-corrected chi connectivity index (χ4v) is 2.59. The number of carbonyl (C=O) groups excluding carboxylic acids is 2. The number of hydrogen-bond donors (Lipinski definition) is 2. The summed E-state index contributed by atoms with van der Waals surface area (Å²) in [5, 5.41) is 8.77. The van der Waals surface area contributed by atoms with Crippen molar-refractivity contribution in [3.63, 3.8) is 0 Å². The lowest BCUT2D eigenvalue weighted by Crippen LogP contribution is -2.36. The third-order valence-corrected chi connectivity index (χ3v) is 3.89. The minimum atomic E-state index is -0.626. The molecular weight excluding hydrogens is 353 g/mol. The highest BCUT2D eigenvalue weighted by molar-refractivity contribution is 5.94. The quantitative estimate of drug-likeness (QED) is 0.666. The fraction of sp³-hybridized carbons (Fsp3) is 0.211. The molecular formula is C19H18FN3O4. The first-order valence-corrected chi connectivity index (χ1v) is 8.30. The minimum Gasteiger partial charge on any atom is -0.469 e. The lowest BCUT2D eigenvalue weighted by molar-refractivity contribution is -0.125. The number of nitrogens with one attached hydrogen (secondary N) is 2. The number of halogens is 1. The van der Waals surface area contributed by atoms with E-state index < -0.39 is 17.6 Å². The lowest BCUT2D eigenvalue weighted by Gasteiger charge is -2.16. The first kappa shape index (κ1) is 18.4. The van der Waals surface area contributed by atoms with Gasteiger partial charge in [0.2, 0.25) is 11.8 Å². The summed E-state index contributed by atoms with van der Waals surface area (Å²) < 4.78 is 23.4. The summed E-state index contributed by atoms with van der Waals surface area (Å²) in [6.07, 6.45) is 1.80. The number of furan rings is 1. The van der Waals surface area contributed by atoms with E-state index in [9.17, 15) is 14.0 Å². The summed E-state index contributed by atoms with van der Waals surface area (Å²) in [7, 11) is 0. The van der Waals surface area contributed by atoms with Crippen molar-refractivity contribution >= 4 is 17.6 Å². The Hall–Kier alpha value is -3.42. The van der Waals surface area contributed by atoms with Gasteiger partial charge < -0.3 is 19.6 Å². The number of amides is 2. The molecule has 0 aliphatic heterocycles. The molecule has 2 heterocycles. The number of carbonyl (C=O) groups is 2. The van der Waals surface area contributed by atoms with Gasteiger partial charge >= 0.3 is 0 Å². The first-order chi connectivity index (χ1) is 13.0. The predicted molar refractivity (Wildman–Crippen MR) is 94.4 cm³/mol. The van der Waals surface area contributed by atoms with Gasteiger partial charge in [-0.2, -0.15) is 0 Å². The van der Waals surface area contributed by atoms with Crippen molar-refractivity contribution in [1.29, 1.82) is 0 Å². The van der Waals surface area contributed by atoms with E-state index in [1.807, 2.05) is 0 Å². The van der Waals surface area contributed by atoms with E-state index in [0.717, 1.165) is 0 Å². The fourth-order valence-electron chi connectivity index (χ4n) is 2.59. The molecule has 2 amide bonds. The maximum Gasteiger partial charge on any atom is 0.245 e. The van der Waals surface area contributed by atoms with Crippen LogP contribution in [0.5, 0.6) is 0 Å². The highest BCUT2D eigenvalue weighted by Gasteiger charge is 2.23. The summed E-state index contributed by atoms with van der Waals surface area (Å²) in [4.78, 5) is 24.6. The summed E-state index contributed by atoms with van der Waals surface area (Å²) in [6, 6.07) is 10.7. The second kappa shape index (κ2) is 8.31. The molecule has 7 nitrogen and oxygen atoms in total. The molecule has 140 valence electrons. The Kier molecular flexibility index (Phi) is 5.65. The van der Waals surface area contributed by atoms with Gasteiger partial charge in [-0.25, -0.2) is 4.39 Å². The van der Waals surface area contributed by atoms with E-state index in [1.54, 1.807) is 37.3 Å². The number of nitrogens with zero attached hydrogens (tertiary/aromatic N) is 1. The van der Waals surface area contributed by atoms with Gasteiger partial charge in [-0.3, -0.25) is 9.59 Å². The van der Waals surface area contributed by atoms with E-state index in [-0.39, 0.29) is 24.7 Å². The average molecular weight is 371 g/mol. The van der Waals surface area contributed by atoms with Crippen molar-refractivity contribution in [2.24, 2.45) is 0 Å². The van der Waals surface area contributed by atoms with Crippen LogP contribution in [0, 0.1) is 12.7 Å². The van der Waals surface area contributed by atoms with Gasteiger partial charge in [-0.1, -0.05) is 17.3 Å². The molecule has 3 aromatic rings. The number of anilines is 1. The molecule has 0 aliphatic rings. The maximum atomic E-state index is 13.2. The van der Waals surface area contributed by atoms with Gasteiger partial charge in [-0.05, 0) is 36.8 Å². The van der Waals surface area contributed by atoms with Crippen LogP contribution < -0.4 is 10.6 Å². The van der Waals surface area contributed by atoms with Crippen LogP contribution in [0.1, 0.15) is 23.0 Å². The molecule has 1 unspecified atom stereocenters. The molecule has 0 bridgehead atoms. The molecule has 0 saturated heterocycles. The van der Waals surface area contributed by atoms with Crippen LogP contribution in [-0.4, -0.2) is 23.5 Å². The molecule has 3 rings (SSSR count). The van der Waals surface area contributed by atoms with Crippen molar-refractivity contribution in [3.05, 3.63) is 71.6 Å². The third kappa shape index (κ3) is 5.04. The Morgan fingerprint density at radius 1 is 1.22 bits per heavy atom. The van der Waals surface area contributed by atoms with Gasteiger partial charge in [0.25, 0.3) is 0 Å². The molecule has 1 aromatic carbocycles.